The van der Waals surface area contributed by atoms with Gasteiger partial charge in [-0.05, 0) is 25.7 Å². The highest BCUT2D eigenvalue weighted by Gasteiger charge is 2.40. The maximum atomic E-state index is 11.7. The van der Waals surface area contributed by atoms with Crippen molar-refractivity contribution < 1.29 is 4.79 Å². The molecule has 2 saturated carbocycles. The Morgan fingerprint density at radius 3 is 1.50 bits per heavy atom. The standard InChI is InChI=1S/C9H12Br2O/c10-7-1-5(2-7)9(12)6-3-8(11)4-6/h5-8H,1-4H2. The van der Waals surface area contributed by atoms with E-state index in [9.17, 15) is 4.79 Å². The van der Waals surface area contributed by atoms with Gasteiger partial charge < -0.3 is 0 Å². The van der Waals surface area contributed by atoms with Crippen molar-refractivity contribution in [1.29, 1.82) is 0 Å². The first-order valence-corrected chi connectivity index (χ1v) is 6.32. The van der Waals surface area contributed by atoms with E-state index in [4.69, 9.17) is 0 Å². The zero-order valence-electron chi connectivity index (χ0n) is 6.80. The molecule has 0 aromatic rings. The maximum Gasteiger partial charge on any atom is 0.139 e. The Bertz CT molecular complexity index is 173. The Labute approximate surface area is 89.5 Å². The van der Waals surface area contributed by atoms with Crippen LogP contribution in [0.25, 0.3) is 0 Å². The van der Waals surface area contributed by atoms with Gasteiger partial charge in [0.05, 0.1) is 0 Å². The second-order valence-corrected chi connectivity index (χ2v) is 6.52. The van der Waals surface area contributed by atoms with Crippen molar-refractivity contribution in [3.63, 3.8) is 0 Å². The van der Waals surface area contributed by atoms with Crippen LogP contribution in [-0.2, 0) is 4.79 Å². The van der Waals surface area contributed by atoms with Gasteiger partial charge in [0.15, 0.2) is 0 Å². The second-order valence-electron chi connectivity index (χ2n) is 3.93. The zero-order chi connectivity index (χ0) is 8.72. The first kappa shape index (κ1) is 9.20. The van der Waals surface area contributed by atoms with E-state index in [0.29, 0.717) is 27.3 Å². The molecule has 0 atom stereocenters. The molecule has 12 heavy (non-hydrogen) atoms. The van der Waals surface area contributed by atoms with Crippen molar-refractivity contribution >= 4 is 37.6 Å². The quantitative estimate of drug-likeness (QED) is 0.716. The highest BCUT2D eigenvalue weighted by Crippen LogP contribution is 2.41. The molecule has 0 aliphatic heterocycles. The van der Waals surface area contributed by atoms with Crippen LogP contribution in [0.2, 0.25) is 0 Å². The van der Waals surface area contributed by atoms with Gasteiger partial charge >= 0.3 is 0 Å². The molecule has 0 spiro atoms. The molecule has 2 aliphatic carbocycles. The minimum Gasteiger partial charge on any atom is -0.299 e. The summed E-state index contributed by atoms with van der Waals surface area (Å²) in [4.78, 5) is 12.9. The van der Waals surface area contributed by atoms with E-state index in [-0.39, 0.29) is 0 Å². The molecule has 0 aromatic heterocycles. The number of carbonyl (C=O) groups is 1. The van der Waals surface area contributed by atoms with Gasteiger partial charge in [0, 0.05) is 21.5 Å². The van der Waals surface area contributed by atoms with E-state index in [2.05, 4.69) is 31.9 Å². The number of halogens is 2. The number of ketones is 1. The summed E-state index contributed by atoms with van der Waals surface area (Å²) in [5.41, 5.74) is 0. The molecule has 0 heterocycles. The van der Waals surface area contributed by atoms with Crippen molar-refractivity contribution in [2.24, 2.45) is 11.8 Å². The number of hydrogen-bond donors (Lipinski definition) is 0. The highest BCUT2D eigenvalue weighted by atomic mass is 79.9. The second kappa shape index (κ2) is 3.41. The Morgan fingerprint density at radius 1 is 0.917 bits per heavy atom. The summed E-state index contributed by atoms with van der Waals surface area (Å²) in [6, 6.07) is 0. The third-order valence-electron chi connectivity index (χ3n) is 2.97. The Morgan fingerprint density at radius 2 is 1.25 bits per heavy atom. The van der Waals surface area contributed by atoms with E-state index >= 15 is 0 Å². The van der Waals surface area contributed by atoms with Gasteiger partial charge in [-0.25, -0.2) is 0 Å². The Hall–Kier alpha value is 0.630. The van der Waals surface area contributed by atoms with E-state index in [1.807, 2.05) is 0 Å². The summed E-state index contributed by atoms with van der Waals surface area (Å²) in [5, 5.41) is 0. The maximum absolute atomic E-state index is 11.7. The summed E-state index contributed by atoms with van der Waals surface area (Å²) in [6.45, 7) is 0. The molecule has 2 fully saturated rings. The minimum atomic E-state index is 0.388. The van der Waals surface area contributed by atoms with E-state index in [1.54, 1.807) is 0 Å². The van der Waals surface area contributed by atoms with Crippen molar-refractivity contribution in [3.05, 3.63) is 0 Å². The molecule has 0 amide bonds. The monoisotopic (exact) mass is 294 g/mol. The number of rotatable bonds is 2. The minimum absolute atomic E-state index is 0.388. The molecular weight excluding hydrogens is 284 g/mol. The van der Waals surface area contributed by atoms with E-state index < -0.39 is 0 Å². The molecule has 2 aliphatic rings. The van der Waals surface area contributed by atoms with Crippen LogP contribution in [0.1, 0.15) is 25.7 Å². The number of carbonyl (C=O) groups excluding carboxylic acids is 1. The molecule has 0 saturated heterocycles. The highest BCUT2D eigenvalue weighted by molar-refractivity contribution is 9.09. The fraction of sp³-hybridized carbons (Fsp3) is 0.889. The van der Waals surface area contributed by atoms with Gasteiger partial charge in [0.2, 0.25) is 0 Å². The van der Waals surface area contributed by atoms with E-state index in [0.717, 1.165) is 25.7 Å². The SMILES string of the molecule is O=C(C1CC(Br)C1)C1CC(Br)C1. The lowest BCUT2D eigenvalue weighted by Gasteiger charge is -2.37. The molecule has 0 bridgehead atoms. The predicted molar refractivity (Wildman–Crippen MR) is 55.9 cm³/mol. The summed E-state index contributed by atoms with van der Waals surface area (Å²) >= 11 is 7.02. The topological polar surface area (TPSA) is 17.1 Å². The van der Waals surface area contributed by atoms with Gasteiger partial charge in [-0.1, -0.05) is 31.9 Å². The number of alkyl halides is 2. The molecule has 0 unspecified atom stereocenters. The van der Waals surface area contributed by atoms with Crippen LogP contribution < -0.4 is 0 Å². The van der Waals surface area contributed by atoms with Crippen LogP contribution in [0.5, 0.6) is 0 Å². The summed E-state index contributed by atoms with van der Waals surface area (Å²) in [5.74, 6) is 1.31. The largest absolute Gasteiger partial charge is 0.299 e. The van der Waals surface area contributed by atoms with E-state index in [1.165, 1.54) is 0 Å². The third kappa shape index (κ3) is 1.63. The average molecular weight is 296 g/mol. The molecule has 68 valence electrons. The van der Waals surface area contributed by atoms with Gasteiger partial charge in [0.25, 0.3) is 0 Å². The lowest BCUT2D eigenvalue weighted by atomic mass is 9.71. The van der Waals surface area contributed by atoms with Crippen molar-refractivity contribution in [3.8, 4) is 0 Å². The van der Waals surface area contributed by atoms with Crippen LogP contribution >= 0.6 is 31.9 Å². The van der Waals surface area contributed by atoms with Crippen LogP contribution in [0.15, 0.2) is 0 Å². The molecule has 2 rings (SSSR count). The smallest absolute Gasteiger partial charge is 0.139 e. The van der Waals surface area contributed by atoms with Crippen LogP contribution in [0.4, 0.5) is 0 Å². The average Bonchev–Trinajstić information content (AvgIpc) is 1.91. The number of Topliss-reactive ketones (excluding diaryl/α,β-unsaturated/α-hetero) is 1. The molecular formula is C9H12Br2O. The number of hydrogen-bond acceptors (Lipinski definition) is 1. The molecule has 0 aromatic carbocycles. The van der Waals surface area contributed by atoms with Gasteiger partial charge in [-0.15, -0.1) is 0 Å². The fourth-order valence-electron chi connectivity index (χ4n) is 1.89. The molecule has 1 nitrogen and oxygen atoms in total. The Balaban J connectivity index is 1.78. The molecule has 0 N–H and O–H groups in total. The molecule has 0 radical (unpaired) electrons. The van der Waals surface area contributed by atoms with Crippen LogP contribution in [-0.4, -0.2) is 15.4 Å². The van der Waals surface area contributed by atoms with Gasteiger partial charge in [-0.3, -0.25) is 4.79 Å². The zero-order valence-corrected chi connectivity index (χ0v) is 9.97. The van der Waals surface area contributed by atoms with Crippen molar-refractivity contribution in [2.75, 3.05) is 0 Å². The first-order chi connectivity index (χ1) is 5.66. The lowest BCUT2D eigenvalue weighted by Crippen LogP contribution is -2.40. The summed E-state index contributed by atoms with van der Waals surface area (Å²) in [6.07, 6.45) is 4.29. The fourth-order valence-corrected chi connectivity index (χ4v) is 3.70. The van der Waals surface area contributed by atoms with Gasteiger partial charge in [-0.2, -0.15) is 0 Å². The van der Waals surface area contributed by atoms with Crippen LogP contribution in [0, 0.1) is 11.8 Å². The van der Waals surface area contributed by atoms with Crippen molar-refractivity contribution in [1.82, 2.24) is 0 Å². The van der Waals surface area contributed by atoms with Gasteiger partial charge in [0.1, 0.15) is 5.78 Å². The van der Waals surface area contributed by atoms with Crippen LogP contribution in [0.3, 0.4) is 0 Å². The van der Waals surface area contributed by atoms with Crippen molar-refractivity contribution in [2.45, 2.75) is 35.3 Å². The predicted octanol–water partition coefficient (Wildman–Crippen LogP) is 2.90. The molecule has 3 heteroatoms. The lowest BCUT2D eigenvalue weighted by molar-refractivity contribution is -0.131. The summed E-state index contributed by atoms with van der Waals surface area (Å²) < 4.78 is 0. The Kier molecular flexibility index (Phi) is 2.61. The third-order valence-corrected chi connectivity index (χ3v) is 4.46. The first-order valence-electron chi connectivity index (χ1n) is 4.48. The normalized spacial score (nSPS) is 46.2. The summed E-state index contributed by atoms with van der Waals surface area (Å²) in [7, 11) is 0.